The molecule has 7 heteroatoms. The molecule has 1 saturated heterocycles. The van der Waals surface area contributed by atoms with E-state index in [1.165, 1.54) is 19.3 Å². The highest BCUT2D eigenvalue weighted by molar-refractivity contribution is 6.35. The van der Waals surface area contributed by atoms with Gasteiger partial charge in [0.25, 0.3) is 0 Å². The summed E-state index contributed by atoms with van der Waals surface area (Å²) in [5.74, 6) is 1.63. The molecule has 1 aromatic heterocycles. The fourth-order valence-electron chi connectivity index (χ4n) is 3.33. The SMILES string of the molecule is Cl.Clc1ccc(CNc2nc(N3CCCCC3)c3ccccc3n2)c(Cl)c1. The molecule has 1 N–H and O–H groups in total. The summed E-state index contributed by atoms with van der Waals surface area (Å²) in [6.07, 6.45) is 3.71. The number of halogens is 3. The van der Waals surface area contributed by atoms with Crippen molar-refractivity contribution < 1.29 is 0 Å². The van der Waals surface area contributed by atoms with Crippen LogP contribution < -0.4 is 10.2 Å². The molecule has 1 aliphatic rings. The van der Waals surface area contributed by atoms with Crippen LogP contribution in [0.1, 0.15) is 24.8 Å². The van der Waals surface area contributed by atoms with E-state index in [0.29, 0.717) is 22.5 Å². The van der Waals surface area contributed by atoms with Crippen LogP contribution in [0.3, 0.4) is 0 Å². The Morgan fingerprint density at radius 3 is 2.52 bits per heavy atom. The van der Waals surface area contributed by atoms with Crippen LogP contribution in [0, 0.1) is 0 Å². The predicted molar refractivity (Wildman–Crippen MR) is 117 cm³/mol. The molecule has 0 radical (unpaired) electrons. The number of anilines is 2. The Labute approximate surface area is 175 Å². The van der Waals surface area contributed by atoms with Crippen molar-refractivity contribution in [2.75, 3.05) is 23.3 Å². The van der Waals surface area contributed by atoms with Gasteiger partial charge in [-0.05, 0) is 49.1 Å². The summed E-state index contributed by atoms with van der Waals surface area (Å²) in [5, 5.41) is 5.69. The van der Waals surface area contributed by atoms with Crippen LogP contribution in [-0.4, -0.2) is 23.1 Å². The average Bonchev–Trinajstić information content (AvgIpc) is 2.67. The van der Waals surface area contributed by atoms with Crippen LogP contribution >= 0.6 is 35.6 Å². The van der Waals surface area contributed by atoms with E-state index < -0.39 is 0 Å². The first kappa shape index (κ1) is 20.0. The van der Waals surface area contributed by atoms with Gasteiger partial charge >= 0.3 is 0 Å². The number of piperidine rings is 1. The molecule has 2 aromatic carbocycles. The van der Waals surface area contributed by atoms with Crippen molar-refractivity contribution in [2.24, 2.45) is 0 Å². The van der Waals surface area contributed by atoms with E-state index in [1.807, 2.05) is 30.3 Å². The zero-order chi connectivity index (χ0) is 17.9. The van der Waals surface area contributed by atoms with Crippen LogP contribution in [0.15, 0.2) is 42.5 Å². The summed E-state index contributed by atoms with van der Waals surface area (Å²) in [5.41, 5.74) is 1.92. The van der Waals surface area contributed by atoms with E-state index in [-0.39, 0.29) is 12.4 Å². The minimum absolute atomic E-state index is 0. The number of hydrogen-bond donors (Lipinski definition) is 1. The number of nitrogens with one attached hydrogen (secondary N) is 1. The highest BCUT2D eigenvalue weighted by Crippen LogP contribution is 2.28. The Bertz CT molecular complexity index is 926. The minimum atomic E-state index is 0. The van der Waals surface area contributed by atoms with Gasteiger partial charge in [-0.1, -0.05) is 41.4 Å². The molecule has 0 bridgehead atoms. The molecule has 0 atom stereocenters. The van der Waals surface area contributed by atoms with Crippen molar-refractivity contribution in [1.29, 1.82) is 0 Å². The van der Waals surface area contributed by atoms with E-state index in [4.69, 9.17) is 28.2 Å². The second-order valence-electron chi connectivity index (χ2n) is 6.52. The van der Waals surface area contributed by atoms with Crippen molar-refractivity contribution in [2.45, 2.75) is 25.8 Å². The Kier molecular flexibility index (Phi) is 6.64. The molecule has 0 saturated carbocycles. The Hall–Kier alpha value is -1.75. The number of fused-ring (bicyclic) bond motifs is 1. The van der Waals surface area contributed by atoms with Crippen LogP contribution in [0.5, 0.6) is 0 Å². The van der Waals surface area contributed by atoms with Crippen molar-refractivity contribution >= 4 is 58.3 Å². The van der Waals surface area contributed by atoms with Crippen molar-refractivity contribution in [3.05, 3.63) is 58.1 Å². The molecule has 1 aliphatic heterocycles. The van der Waals surface area contributed by atoms with E-state index in [1.54, 1.807) is 6.07 Å². The molecule has 0 aliphatic carbocycles. The molecule has 0 spiro atoms. The quantitative estimate of drug-likeness (QED) is 0.562. The zero-order valence-corrected chi connectivity index (χ0v) is 17.1. The number of aromatic nitrogens is 2. The molecule has 4 rings (SSSR count). The summed E-state index contributed by atoms with van der Waals surface area (Å²) >= 11 is 12.2. The third-order valence-corrected chi connectivity index (χ3v) is 5.28. The van der Waals surface area contributed by atoms with Crippen LogP contribution in [0.2, 0.25) is 10.0 Å². The molecule has 4 nitrogen and oxygen atoms in total. The van der Waals surface area contributed by atoms with Crippen LogP contribution in [0.25, 0.3) is 10.9 Å². The van der Waals surface area contributed by atoms with E-state index in [2.05, 4.69) is 21.3 Å². The van der Waals surface area contributed by atoms with E-state index in [9.17, 15) is 0 Å². The Morgan fingerprint density at radius 1 is 0.963 bits per heavy atom. The maximum Gasteiger partial charge on any atom is 0.225 e. The van der Waals surface area contributed by atoms with Crippen molar-refractivity contribution in [3.63, 3.8) is 0 Å². The lowest BCUT2D eigenvalue weighted by molar-refractivity contribution is 0.574. The monoisotopic (exact) mass is 422 g/mol. The fourth-order valence-corrected chi connectivity index (χ4v) is 3.80. The molecule has 0 unspecified atom stereocenters. The molecular weight excluding hydrogens is 403 g/mol. The topological polar surface area (TPSA) is 41.1 Å². The van der Waals surface area contributed by atoms with Gasteiger partial charge < -0.3 is 10.2 Å². The van der Waals surface area contributed by atoms with Gasteiger partial charge in [0.2, 0.25) is 5.95 Å². The van der Waals surface area contributed by atoms with Gasteiger partial charge in [-0.25, -0.2) is 4.98 Å². The van der Waals surface area contributed by atoms with E-state index >= 15 is 0 Å². The molecule has 2 heterocycles. The lowest BCUT2D eigenvalue weighted by Gasteiger charge is -2.29. The number of rotatable bonds is 4. The summed E-state index contributed by atoms with van der Waals surface area (Å²) in [6.45, 7) is 2.64. The lowest BCUT2D eigenvalue weighted by Crippen LogP contribution is -2.30. The van der Waals surface area contributed by atoms with Gasteiger partial charge in [0.1, 0.15) is 5.82 Å². The second kappa shape index (κ2) is 8.96. The number of para-hydroxylation sites is 1. The van der Waals surface area contributed by atoms with Crippen molar-refractivity contribution in [1.82, 2.24) is 9.97 Å². The Morgan fingerprint density at radius 2 is 1.74 bits per heavy atom. The smallest absolute Gasteiger partial charge is 0.225 e. The lowest BCUT2D eigenvalue weighted by atomic mass is 10.1. The van der Waals surface area contributed by atoms with Gasteiger partial charge in [-0.15, -0.1) is 12.4 Å². The summed E-state index contributed by atoms with van der Waals surface area (Å²) in [6, 6.07) is 13.7. The normalized spacial score (nSPS) is 14.1. The standard InChI is InChI=1S/C20H20Cl2N4.ClH/c21-15-9-8-14(17(22)12-15)13-23-20-24-18-7-3-2-6-16(18)19(25-20)26-10-4-1-5-11-26;/h2-3,6-9,12H,1,4-5,10-11,13H2,(H,23,24,25);1H. The number of hydrogen-bond acceptors (Lipinski definition) is 4. The molecule has 27 heavy (non-hydrogen) atoms. The largest absolute Gasteiger partial charge is 0.356 e. The predicted octanol–water partition coefficient (Wildman–Crippen LogP) is 5.96. The number of benzene rings is 2. The molecule has 142 valence electrons. The maximum absolute atomic E-state index is 6.27. The fraction of sp³-hybridized carbons (Fsp3) is 0.300. The zero-order valence-electron chi connectivity index (χ0n) is 14.8. The third-order valence-electron chi connectivity index (χ3n) is 4.69. The van der Waals surface area contributed by atoms with Gasteiger partial charge in [0.05, 0.1) is 5.52 Å². The first-order chi connectivity index (χ1) is 12.7. The first-order valence-electron chi connectivity index (χ1n) is 8.90. The highest BCUT2D eigenvalue weighted by Gasteiger charge is 2.17. The maximum atomic E-state index is 6.27. The summed E-state index contributed by atoms with van der Waals surface area (Å²) in [7, 11) is 0. The average molecular weight is 424 g/mol. The third kappa shape index (κ3) is 4.57. The van der Waals surface area contributed by atoms with Gasteiger partial charge in [0.15, 0.2) is 0 Å². The van der Waals surface area contributed by atoms with E-state index in [0.717, 1.165) is 35.4 Å². The van der Waals surface area contributed by atoms with Crippen LogP contribution in [-0.2, 0) is 6.54 Å². The Balaban J connectivity index is 0.00000210. The van der Waals surface area contributed by atoms with Gasteiger partial charge in [-0.3, -0.25) is 0 Å². The van der Waals surface area contributed by atoms with Gasteiger partial charge in [-0.2, -0.15) is 4.98 Å². The molecule has 0 amide bonds. The minimum Gasteiger partial charge on any atom is -0.356 e. The molecule has 1 fully saturated rings. The molecular formula is C20H21Cl3N4. The number of nitrogens with zero attached hydrogens (tertiary/aromatic N) is 3. The highest BCUT2D eigenvalue weighted by atomic mass is 35.5. The first-order valence-corrected chi connectivity index (χ1v) is 9.66. The summed E-state index contributed by atoms with van der Waals surface area (Å²) in [4.78, 5) is 11.9. The van der Waals surface area contributed by atoms with Crippen molar-refractivity contribution in [3.8, 4) is 0 Å². The molecule has 3 aromatic rings. The second-order valence-corrected chi connectivity index (χ2v) is 7.37. The van der Waals surface area contributed by atoms with Gasteiger partial charge in [0, 0.05) is 35.1 Å². The summed E-state index contributed by atoms with van der Waals surface area (Å²) < 4.78 is 0. The van der Waals surface area contributed by atoms with Crippen LogP contribution in [0.4, 0.5) is 11.8 Å².